The third-order valence-electron chi connectivity index (χ3n) is 7.20. The number of hydrogen-bond donors (Lipinski definition) is 0. The molecule has 1 aromatic rings. The number of carbonyl (C=O) groups excluding carboxylic acids is 1. The highest BCUT2D eigenvalue weighted by atomic mass is 28.3. The van der Waals surface area contributed by atoms with Crippen LogP contribution in [0.3, 0.4) is 0 Å². The lowest BCUT2D eigenvalue weighted by Gasteiger charge is -2.34. The minimum atomic E-state index is -1.25. The highest BCUT2D eigenvalue weighted by Gasteiger charge is 2.44. The summed E-state index contributed by atoms with van der Waals surface area (Å²) < 4.78 is 52.7. The van der Waals surface area contributed by atoms with Crippen LogP contribution in [0.4, 0.5) is 0 Å². The number of carbonyl (C=O) groups is 1. The van der Waals surface area contributed by atoms with E-state index in [-0.39, 0.29) is 50.4 Å². The lowest BCUT2D eigenvalue weighted by molar-refractivity contribution is -0.205. The van der Waals surface area contributed by atoms with Gasteiger partial charge in [-0.1, -0.05) is 38.7 Å². The molecule has 0 bridgehead atoms. The Morgan fingerprint density at radius 3 is 2.33 bits per heavy atom. The maximum atomic E-state index is 11.8. The zero-order chi connectivity index (χ0) is 31.7. The van der Waals surface area contributed by atoms with Crippen LogP contribution in [0.15, 0.2) is 36.4 Å². The van der Waals surface area contributed by atoms with Crippen LogP contribution < -0.4 is 4.74 Å². The van der Waals surface area contributed by atoms with Crippen LogP contribution in [0.5, 0.6) is 5.75 Å². The summed E-state index contributed by atoms with van der Waals surface area (Å²) in [5.41, 5.74) is 1.01. The number of benzene rings is 1. The van der Waals surface area contributed by atoms with Gasteiger partial charge in [-0.3, -0.25) is 4.79 Å². The minimum absolute atomic E-state index is 0.0352. The van der Waals surface area contributed by atoms with Crippen LogP contribution in [0, 0.1) is 5.92 Å². The lowest BCUT2D eigenvalue weighted by atomic mass is 9.92. The normalized spacial score (nSPS) is 21.3. The fourth-order valence-corrected chi connectivity index (χ4v) is 5.45. The number of allylic oxidation sites excluding steroid dienone is 1. The van der Waals surface area contributed by atoms with Gasteiger partial charge in [-0.15, -0.1) is 0 Å². The van der Waals surface area contributed by atoms with Crippen LogP contribution in [0.2, 0.25) is 25.7 Å². The SMILES string of the molecule is COCOCC[C@@H](C)[C@@H](OCOC)[C@H](OCOCC[Si](C)(C)C)[C@@H]1C[C@@H](OCc2ccc(OC)cc2)[C@@H](/C=C/C(C)=O)O1. The van der Waals surface area contributed by atoms with Gasteiger partial charge < -0.3 is 42.6 Å². The van der Waals surface area contributed by atoms with E-state index in [1.165, 1.54) is 13.0 Å². The fraction of sp³-hybridized carbons (Fsp3) is 0.719. The highest BCUT2D eigenvalue weighted by molar-refractivity contribution is 6.76. The second-order valence-corrected chi connectivity index (χ2v) is 17.8. The van der Waals surface area contributed by atoms with Crippen molar-refractivity contribution in [3.8, 4) is 5.75 Å². The maximum Gasteiger partial charge on any atom is 0.152 e. The Kier molecular flexibility index (Phi) is 17.8. The smallest absolute Gasteiger partial charge is 0.152 e. The number of ether oxygens (including phenoxy) is 9. The summed E-state index contributed by atoms with van der Waals surface area (Å²) in [5, 5.41) is 0. The second kappa shape index (κ2) is 20.4. The van der Waals surface area contributed by atoms with E-state index in [1.807, 2.05) is 24.3 Å². The van der Waals surface area contributed by atoms with E-state index in [4.69, 9.17) is 42.6 Å². The molecule has 1 aliphatic heterocycles. The quantitative estimate of drug-likeness (QED) is 0.0696. The van der Waals surface area contributed by atoms with Crippen molar-refractivity contribution in [1.82, 2.24) is 0 Å². The molecule has 1 aliphatic rings. The summed E-state index contributed by atoms with van der Waals surface area (Å²) in [6.07, 6.45) is 2.58. The molecule has 0 saturated carbocycles. The minimum Gasteiger partial charge on any atom is -0.497 e. The monoisotopic (exact) mass is 626 g/mol. The predicted octanol–water partition coefficient (Wildman–Crippen LogP) is 5.22. The number of methoxy groups -OCH3 is 3. The van der Waals surface area contributed by atoms with Gasteiger partial charge in [0, 0.05) is 41.9 Å². The van der Waals surface area contributed by atoms with Crippen molar-refractivity contribution in [2.24, 2.45) is 5.92 Å². The van der Waals surface area contributed by atoms with Crippen molar-refractivity contribution >= 4 is 13.9 Å². The van der Waals surface area contributed by atoms with Crippen molar-refractivity contribution in [3.05, 3.63) is 42.0 Å². The first-order chi connectivity index (χ1) is 20.6. The van der Waals surface area contributed by atoms with Crippen molar-refractivity contribution in [2.45, 2.75) is 89.5 Å². The van der Waals surface area contributed by atoms with E-state index >= 15 is 0 Å². The van der Waals surface area contributed by atoms with Crippen molar-refractivity contribution in [1.29, 1.82) is 0 Å². The first-order valence-electron chi connectivity index (χ1n) is 15.0. The molecule has 1 fully saturated rings. The van der Waals surface area contributed by atoms with Gasteiger partial charge in [0.05, 0.1) is 32.0 Å². The summed E-state index contributed by atoms with van der Waals surface area (Å²) in [6.45, 7) is 12.5. The van der Waals surface area contributed by atoms with Gasteiger partial charge in [-0.05, 0) is 55.2 Å². The molecule has 0 N–H and O–H groups in total. The maximum absolute atomic E-state index is 11.8. The zero-order valence-electron chi connectivity index (χ0n) is 27.4. The zero-order valence-corrected chi connectivity index (χ0v) is 28.4. The summed E-state index contributed by atoms with van der Waals surface area (Å²) in [6, 6.07) is 8.79. The van der Waals surface area contributed by atoms with E-state index in [0.717, 1.165) is 17.4 Å². The summed E-state index contributed by atoms with van der Waals surface area (Å²) in [5.74, 6) is 0.759. The van der Waals surface area contributed by atoms with E-state index < -0.39 is 20.3 Å². The standard InChI is InChI=1S/C32H54O10Si/c1-24(15-16-37-21-34-3)31(40-22-35-4)32(41-23-38-17-18-43(6,7)8)30-19-29(28(42-30)14-9-25(2)33)39-20-26-10-12-27(36-5)13-11-26/h9-14,24,28-32H,15-23H2,1-8H3/b14-9+/t24-,28-,29-,30+,31-,32-/m1/s1. The molecular formula is C32H54O10Si. The lowest BCUT2D eigenvalue weighted by Crippen LogP contribution is -2.46. The summed E-state index contributed by atoms with van der Waals surface area (Å²) in [7, 11) is 3.58. The molecule has 11 heteroatoms. The van der Waals surface area contributed by atoms with Gasteiger partial charge >= 0.3 is 0 Å². The molecule has 0 unspecified atom stereocenters. The third kappa shape index (κ3) is 14.8. The van der Waals surface area contributed by atoms with Crippen molar-refractivity contribution in [2.75, 3.05) is 54.9 Å². The average Bonchev–Trinajstić information content (AvgIpc) is 3.38. The van der Waals surface area contributed by atoms with E-state index in [0.29, 0.717) is 32.7 Å². The molecular weight excluding hydrogens is 572 g/mol. The van der Waals surface area contributed by atoms with Gasteiger partial charge in [-0.2, -0.15) is 0 Å². The molecule has 0 aliphatic carbocycles. The topological polar surface area (TPSA) is 100 Å². The summed E-state index contributed by atoms with van der Waals surface area (Å²) in [4.78, 5) is 11.8. The second-order valence-electron chi connectivity index (χ2n) is 12.1. The van der Waals surface area contributed by atoms with E-state index in [9.17, 15) is 4.79 Å². The molecule has 1 heterocycles. The largest absolute Gasteiger partial charge is 0.497 e. The first-order valence-corrected chi connectivity index (χ1v) is 18.7. The molecule has 0 spiro atoms. The molecule has 2 rings (SSSR count). The molecule has 6 atom stereocenters. The van der Waals surface area contributed by atoms with Gasteiger partial charge in [0.25, 0.3) is 0 Å². The Morgan fingerprint density at radius 2 is 1.70 bits per heavy atom. The van der Waals surface area contributed by atoms with Gasteiger partial charge in [0.15, 0.2) is 5.78 Å². The average molecular weight is 627 g/mol. The Bertz CT molecular complexity index is 920. The highest BCUT2D eigenvalue weighted by Crippen LogP contribution is 2.33. The van der Waals surface area contributed by atoms with Gasteiger partial charge in [0.1, 0.15) is 38.3 Å². The van der Waals surface area contributed by atoms with E-state index in [2.05, 4.69) is 26.6 Å². The number of rotatable bonds is 23. The van der Waals surface area contributed by atoms with Crippen LogP contribution >= 0.6 is 0 Å². The molecule has 10 nitrogen and oxygen atoms in total. The van der Waals surface area contributed by atoms with E-state index in [1.54, 1.807) is 27.4 Å². The Hall–Kier alpha value is -1.67. The number of hydrogen-bond acceptors (Lipinski definition) is 10. The molecule has 1 saturated heterocycles. The predicted molar refractivity (Wildman–Crippen MR) is 167 cm³/mol. The Balaban J connectivity index is 2.24. The molecule has 246 valence electrons. The van der Waals surface area contributed by atoms with Crippen molar-refractivity contribution < 1.29 is 47.4 Å². The molecule has 1 aromatic carbocycles. The van der Waals surface area contributed by atoms with Crippen LogP contribution in [-0.4, -0.2) is 99.3 Å². The molecule has 0 amide bonds. The Morgan fingerprint density at radius 1 is 1.00 bits per heavy atom. The van der Waals surface area contributed by atoms with Crippen LogP contribution in [0.25, 0.3) is 0 Å². The van der Waals surface area contributed by atoms with Gasteiger partial charge in [0.2, 0.25) is 0 Å². The first kappa shape index (κ1) is 37.5. The fourth-order valence-electron chi connectivity index (χ4n) is 4.69. The van der Waals surface area contributed by atoms with Crippen LogP contribution in [-0.2, 0) is 49.3 Å². The molecule has 43 heavy (non-hydrogen) atoms. The summed E-state index contributed by atoms with van der Waals surface area (Å²) >= 11 is 0. The van der Waals surface area contributed by atoms with Crippen molar-refractivity contribution in [3.63, 3.8) is 0 Å². The number of ketones is 1. The molecule has 0 radical (unpaired) electrons. The van der Waals surface area contributed by atoms with Gasteiger partial charge in [-0.25, -0.2) is 0 Å². The molecule has 0 aromatic heterocycles. The van der Waals surface area contributed by atoms with Crippen LogP contribution in [0.1, 0.15) is 32.3 Å². The Labute approximate surface area is 259 Å². The third-order valence-corrected chi connectivity index (χ3v) is 8.90.